The van der Waals surface area contributed by atoms with Gasteiger partial charge in [0.2, 0.25) is 0 Å². The van der Waals surface area contributed by atoms with Crippen LogP contribution in [0.25, 0.3) is 0 Å². The highest BCUT2D eigenvalue weighted by atomic mass is 19.1. The summed E-state index contributed by atoms with van der Waals surface area (Å²) in [7, 11) is 2.19. The molecule has 0 N–H and O–H groups in total. The monoisotopic (exact) mass is 200 g/mol. The molecule has 0 spiro atoms. The van der Waals surface area contributed by atoms with Crippen molar-refractivity contribution in [1.82, 2.24) is 9.80 Å². The van der Waals surface area contributed by atoms with Gasteiger partial charge < -0.3 is 9.80 Å². The van der Waals surface area contributed by atoms with Crippen molar-refractivity contribution in [3.8, 4) is 0 Å². The van der Waals surface area contributed by atoms with Gasteiger partial charge >= 0.3 is 0 Å². The molecule has 2 fully saturated rings. The molecule has 0 bridgehead atoms. The molecule has 3 atom stereocenters. The van der Waals surface area contributed by atoms with Crippen LogP contribution in [0.2, 0.25) is 0 Å². The Morgan fingerprint density at radius 3 is 2.64 bits per heavy atom. The Morgan fingerprint density at radius 1 is 1.36 bits per heavy atom. The molecule has 0 radical (unpaired) electrons. The van der Waals surface area contributed by atoms with Gasteiger partial charge in [0.05, 0.1) is 0 Å². The van der Waals surface area contributed by atoms with Gasteiger partial charge in [-0.1, -0.05) is 0 Å². The molecular weight excluding hydrogens is 179 g/mol. The van der Waals surface area contributed by atoms with Gasteiger partial charge in [0.25, 0.3) is 0 Å². The zero-order valence-corrected chi connectivity index (χ0v) is 9.25. The highest BCUT2D eigenvalue weighted by molar-refractivity contribution is 4.84. The number of halogens is 1. The third-order valence-electron chi connectivity index (χ3n) is 3.70. The van der Waals surface area contributed by atoms with E-state index in [-0.39, 0.29) is 0 Å². The third kappa shape index (κ3) is 2.26. The molecular formula is C11H21FN2. The van der Waals surface area contributed by atoms with Crippen LogP contribution in [0.5, 0.6) is 0 Å². The molecule has 14 heavy (non-hydrogen) atoms. The summed E-state index contributed by atoms with van der Waals surface area (Å²) >= 11 is 0. The van der Waals surface area contributed by atoms with Crippen LogP contribution in [0.15, 0.2) is 0 Å². The molecule has 0 aromatic heterocycles. The smallest absolute Gasteiger partial charge is 0.114 e. The Labute approximate surface area is 86.1 Å². The first-order chi connectivity index (χ1) is 6.65. The van der Waals surface area contributed by atoms with Gasteiger partial charge in [-0.3, -0.25) is 0 Å². The van der Waals surface area contributed by atoms with E-state index < -0.39 is 6.17 Å². The Bertz CT molecular complexity index is 188. The molecule has 0 aromatic rings. The minimum atomic E-state index is -0.563. The minimum absolute atomic E-state index is 0.563. The second-order valence-electron chi connectivity index (χ2n) is 5.04. The van der Waals surface area contributed by atoms with E-state index in [1.54, 1.807) is 0 Å². The summed E-state index contributed by atoms with van der Waals surface area (Å²) < 4.78 is 12.9. The summed E-state index contributed by atoms with van der Waals surface area (Å²) in [5.41, 5.74) is 0. The first-order valence-electron chi connectivity index (χ1n) is 5.72. The van der Waals surface area contributed by atoms with Crippen LogP contribution in [0, 0.1) is 5.92 Å². The van der Waals surface area contributed by atoms with Gasteiger partial charge in [0, 0.05) is 32.2 Å². The quantitative estimate of drug-likeness (QED) is 0.664. The van der Waals surface area contributed by atoms with Crippen molar-refractivity contribution in [3.63, 3.8) is 0 Å². The average Bonchev–Trinajstić information content (AvgIpc) is 2.62. The van der Waals surface area contributed by atoms with Gasteiger partial charge in [-0.25, -0.2) is 4.39 Å². The predicted molar refractivity (Wildman–Crippen MR) is 56.2 cm³/mol. The van der Waals surface area contributed by atoms with Crippen molar-refractivity contribution in [2.75, 3.05) is 33.2 Å². The van der Waals surface area contributed by atoms with E-state index in [1.807, 2.05) is 0 Å². The van der Waals surface area contributed by atoms with Crippen LogP contribution >= 0.6 is 0 Å². The molecule has 2 nitrogen and oxygen atoms in total. The van der Waals surface area contributed by atoms with Crippen molar-refractivity contribution in [2.45, 2.75) is 32.0 Å². The molecule has 2 rings (SSSR count). The fraction of sp³-hybridized carbons (Fsp3) is 1.00. The molecule has 2 aliphatic heterocycles. The lowest BCUT2D eigenvalue weighted by Gasteiger charge is -2.19. The molecule has 2 saturated heterocycles. The van der Waals surface area contributed by atoms with Crippen molar-refractivity contribution in [2.24, 2.45) is 5.92 Å². The van der Waals surface area contributed by atoms with E-state index >= 15 is 0 Å². The van der Waals surface area contributed by atoms with Gasteiger partial charge in [-0.05, 0) is 32.7 Å². The van der Waals surface area contributed by atoms with Gasteiger partial charge in [-0.2, -0.15) is 0 Å². The molecule has 0 amide bonds. The summed E-state index contributed by atoms with van der Waals surface area (Å²) in [5.74, 6) is 0.764. The largest absolute Gasteiger partial charge is 0.303 e. The van der Waals surface area contributed by atoms with E-state index in [0.29, 0.717) is 12.6 Å². The number of hydrogen-bond donors (Lipinski definition) is 0. The van der Waals surface area contributed by atoms with E-state index in [0.717, 1.165) is 25.4 Å². The standard InChI is InChI=1S/C11H21FN2/c1-9-5-10(6-13(9)2)7-14-4-3-11(12)8-14/h9-11H,3-8H2,1-2H3/t9-,10?,11+/m0/s1. The first-order valence-corrected chi connectivity index (χ1v) is 5.72. The van der Waals surface area contributed by atoms with Crippen LogP contribution in [0.1, 0.15) is 19.8 Å². The summed E-state index contributed by atoms with van der Waals surface area (Å²) in [5, 5.41) is 0. The molecule has 0 aromatic carbocycles. The number of likely N-dealkylation sites (tertiary alicyclic amines) is 2. The molecule has 82 valence electrons. The van der Waals surface area contributed by atoms with Crippen LogP contribution in [-0.4, -0.2) is 55.2 Å². The van der Waals surface area contributed by atoms with Gasteiger partial charge in [-0.15, -0.1) is 0 Å². The lowest BCUT2D eigenvalue weighted by Crippen LogP contribution is -2.29. The maximum atomic E-state index is 12.9. The Kier molecular flexibility index (Phi) is 3.07. The average molecular weight is 200 g/mol. The Hall–Kier alpha value is -0.150. The molecule has 1 unspecified atom stereocenters. The number of hydrogen-bond acceptors (Lipinski definition) is 2. The Morgan fingerprint density at radius 2 is 2.14 bits per heavy atom. The van der Waals surface area contributed by atoms with Gasteiger partial charge in [0.15, 0.2) is 0 Å². The number of nitrogens with zero attached hydrogens (tertiary/aromatic N) is 2. The van der Waals surface area contributed by atoms with E-state index in [1.165, 1.54) is 13.0 Å². The zero-order valence-electron chi connectivity index (χ0n) is 9.25. The topological polar surface area (TPSA) is 6.48 Å². The molecule has 3 heteroatoms. The van der Waals surface area contributed by atoms with Crippen LogP contribution < -0.4 is 0 Å². The summed E-state index contributed by atoms with van der Waals surface area (Å²) in [6.07, 6.45) is 1.47. The minimum Gasteiger partial charge on any atom is -0.303 e. The Balaban J connectivity index is 1.76. The van der Waals surface area contributed by atoms with Crippen molar-refractivity contribution in [1.29, 1.82) is 0 Å². The summed E-state index contributed by atoms with van der Waals surface area (Å²) in [6.45, 7) is 6.22. The SMILES string of the molecule is C[C@H]1CC(CN2CC[C@@H](F)C2)CN1C. The zero-order chi connectivity index (χ0) is 10.1. The van der Waals surface area contributed by atoms with Crippen molar-refractivity contribution >= 4 is 0 Å². The lowest BCUT2D eigenvalue weighted by molar-refractivity contribution is 0.249. The van der Waals surface area contributed by atoms with Gasteiger partial charge in [0.1, 0.15) is 6.17 Å². The fourth-order valence-corrected chi connectivity index (χ4v) is 2.77. The first kappa shape index (κ1) is 10.4. The summed E-state index contributed by atoms with van der Waals surface area (Å²) in [4.78, 5) is 4.70. The second-order valence-corrected chi connectivity index (χ2v) is 5.04. The normalized spacial score (nSPS) is 40.9. The number of alkyl halides is 1. The molecule has 2 aliphatic rings. The van der Waals surface area contributed by atoms with Crippen molar-refractivity contribution in [3.05, 3.63) is 0 Å². The van der Waals surface area contributed by atoms with Crippen LogP contribution in [-0.2, 0) is 0 Å². The van der Waals surface area contributed by atoms with Crippen LogP contribution in [0.4, 0.5) is 4.39 Å². The molecule has 2 heterocycles. The van der Waals surface area contributed by atoms with E-state index in [2.05, 4.69) is 23.8 Å². The highest BCUT2D eigenvalue weighted by Crippen LogP contribution is 2.23. The highest BCUT2D eigenvalue weighted by Gasteiger charge is 2.30. The second kappa shape index (κ2) is 4.15. The van der Waals surface area contributed by atoms with E-state index in [9.17, 15) is 4.39 Å². The summed E-state index contributed by atoms with van der Waals surface area (Å²) in [6, 6.07) is 0.712. The predicted octanol–water partition coefficient (Wildman–Crippen LogP) is 1.37. The fourth-order valence-electron chi connectivity index (χ4n) is 2.77. The molecule has 0 aliphatic carbocycles. The maximum Gasteiger partial charge on any atom is 0.114 e. The van der Waals surface area contributed by atoms with E-state index in [4.69, 9.17) is 0 Å². The van der Waals surface area contributed by atoms with Crippen molar-refractivity contribution < 1.29 is 4.39 Å². The molecule has 0 saturated carbocycles. The maximum absolute atomic E-state index is 12.9. The number of rotatable bonds is 2. The third-order valence-corrected chi connectivity index (χ3v) is 3.70. The lowest BCUT2D eigenvalue weighted by atomic mass is 10.1. The van der Waals surface area contributed by atoms with Crippen LogP contribution in [0.3, 0.4) is 0 Å².